The molecule has 0 fully saturated rings. The number of rotatable bonds is 4. The van der Waals surface area contributed by atoms with Gasteiger partial charge in [-0.05, 0) is 39.1 Å². The van der Waals surface area contributed by atoms with Gasteiger partial charge in [0.2, 0.25) is 0 Å². The molecule has 1 aliphatic rings. The van der Waals surface area contributed by atoms with Crippen LogP contribution < -0.4 is 0 Å². The fraction of sp³-hybridized carbons (Fsp3) is 0.107. The fourth-order valence-corrected chi connectivity index (χ4v) is 4.29. The number of hydrogen-bond donors (Lipinski definition) is 0. The van der Waals surface area contributed by atoms with Gasteiger partial charge >= 0.3 is 0 Å². The van der Waals surface area contributed by atoms with E-state index in [0.29, 0.717) is 6.42 Å². The summed E-state index contributed by atoms with van der Waals surface area (Å²) in [6, 6.07) is 34.0. The summed E-state index contributed by atoms with van der Waals surface area (Å²) in [5.41, 5.74) is 4.85. The highest BCUT2D eigenvalue weighted by atomic mass is 16.1. The minimum atomic E-state index is 0.0475. The van der Waals surface area contributed by atoms with Crippen LogP contribution in [0.4, 0.5) is 0 Å². The van der Waals surface area contributed by atoms with Crippen LogP contribution in [-0.2, 0) is 11.3 Å². The van der Waals surface area contributed by atoms with E-state index in [9.17, 15) is 4.79 Å². The van der Waals surface area contributed by atoms with Crippen LogP contribution in [0.2, 0.25) is 0 Å². The molecule has 5 rings (SSSR count). The summed E-state index contributed by atoms with van der Waals surface area (Å²) in [6.45, 7) is 0.774. The van der Waals surface area contributed by atoms with Crippen LogP contribution in [0.3, 0.4) is 0 Å². The van der Waals surface area contributed by atoms with E-state index in [0.717, 1.165) is 6.54 Å². The molecule has 0 radical (unpaired) electrons. The Morgan fingerprint density at radius 2 is 1.43 bits per heavy atom. The Morgan fingerprint density at radius 3 is 2.27 bits per heavy atom. The molecule has 0 aliphatic carbocycles. The third-order valence-electron chi connectivity index (χ3n) is 5.88. The van der Waals surface area contributed by atoms with Gasteiger partial charge in [0.1, 0.15) is 0 Å². The van der Waals surface area contributed by atoms with Crippen LogP contribution in [0.15, 0.2) is 109 Å². The Morgan fingerprint density at radius 1 is 0.733 bits per heavy atom. The fourth-order valence-electron chi connectivity index (χ4n) is 4.29. The maximum Gasteiger partial charge on any atom is 0.159 e. The number of carbonyl (C=O) groups is 1. The largest absolute Gasteiger partial charge is 0.366 e. The third kappa shape index (κ3) is 3.65. The van der Waals surface area contributed by atoms with E-state index >= 15 is 0 Å². The van der Waals surface area contributed by atoms with Crippen LogP contribution in [0, 0.1) is 0 Å². The van der Waals surface area contributed by atoms with Crippen molar-refractivity contribution < 1.29 is 4.79 Å². The summed E-state index contributed by atoms with van der Waals surface area (Å²) in [6.07, 6.45) is 4.18. The van der Waals surface area contributed by atoms with Crippen molar-refractivity contribution in [3.63, 3.8) is 0 Å². The molecule has 1 atom stereocenters. The summed E-state index contributed by atoms with van der Waals surface area (Å²) in [7, 11) is 0. The standard InChI is InChI=1S/C28H23NO/c30-26-17-18-29(20-25-11-6-10-23-9-4-5-12-27(23)25)28(19-26)24-15-13-22(14-16-24)21-7-2-1-3-8-21/h1-18,28H,19-20H2. The van der Waals surface area contributed by atoms with Crippen LogP contribution >= 0.6 is 0 Å². The Labute approximate surface area is 177 Å². The molecule has 4 aromatic carbocycles. The SMILES string of the molecule is O=C1C=CN(Cc2cccc3ccccc23)C(c2ccc(-c3ccccc3)cc2)C1. The first-order valence-corrected chi connectivity index (χ1v) is 10.4. The first-order chi connectivity index (χ1) is 14.8. The highest BCUT2D eigenvalue weighted by Crippen LogP contribution is 2.32. The molecule has 30 heavy (non-hydrogen) atoms. The first kappa shape index (κ1) is 18.4. The Kier molecular flexibility index (Phi) is 4.90. The van der Waals surface area contributed by atoms with Crippen molar-refractivity contribution in [1.29, 1.82) is 0 Å². The summed E-state index contributed by atoms with van der Waals surface area (Å²) in [5.74, 6) is 0.182. The average Bonchev–Trinajstić information content (AvgIpc) is 2.81. The minimum absolute atomic E-state index is 0.0475. The van der Waals surface area contributed by atoms with Gasteiger partial charge < -0.3 is 4.90 Å². The van der Waals surface area contributed by atoms with Crippen molar-refractivity contribution in [3.05, 3.63) is 120 Å². The average molecular weight is 389 g/mol. The molecule has 0 bridgehead atoms. The van der Waals surface area contributed by atoms with E-state index < -0.39 is 0 Å². The van der Waals surface area contributed by atoms with E-state index in [-0.39, 0.29) is 11.8 Å². The molecule has 146 valence electrons. The van der Waals surface area contributed by atoms with Gasteiger partial charge in [0.25, 0.3) is 0 Å². The van der Waals surface area contributed by atoms with Crippen LogP contribution in [0.5, 0.6) is 0 Å². The zero-order chi connectivity index (χ0) is 20.3. The highest BCUT2D eigenvalue weighted by molar-refractivity contribution is 5.91. The summed E-state index contributed by atoms with van der Waals surface area (Å²) in [5, 5.41) is 2.51. The van der Waals surface area contributed by atoms with Gasteiger partial charge in [-0.15, -0.1) is 0 Å². The van der Waals surface area contributed by atoms with E-state index in [1.807, 2.05) is 12.3 Å². The maximum atomic E-state index is 12.2. The van der Waals surface area contributed by atoms with Gasteiger partial charge in [-0.1, -0.05) is 97.1 Å². The van der Waals surface area contributed by atoms with Gasteiger partial charge in [-0.2, -0.15) is 0 Å². The van der Waals surface area contributed by atoms with Gasteiger partial charge in [-0.3, -0.25) is 4.79 Å². The van der Waals surface area contributed by atoms with E-state index in [1.54, 1.807) is 6.08 Å². The molecule has 4 aromatic rings. The van der Waals surface area contributed by atoms with Crippen molar-refractivity contribution >= 4 is 16.6 Å². The Bertz CT molecular complexity index is 1200. The first-order valence-electron chi connectivity index (χ1n) is 10.4. The maximum absolute atomic E-state index is 12.2. The third-order valence-corrected chi connectivity index (χ3v) is 5.88. The van der Waals surface area contributed by atoms with E-state index in [4.69, 9.17) is 0 Å². The molecule has 0 spiro atoms. The number of hydrogen-bond acceptors (Lipinski definition) is 2. The molecule has 0 saturated heterocycles. The zero-order valence-corrected chi connectivity index (χ0v) is 16.7. The smallest absolute Gasteiger partial charge is 0.159 e. The monoisotopic (exact) mass is 389 g/mol. The number of fused-ring (bicyclic) bond motifs is 1. The summed E-state index contributed by atoms with van der Waals surface area (Å²) in [4.78, 5) is 14.5. The summed E-state index contributed by atoms with van der Waals surface area (Å²) >= 11 is 0. The second kappa shape index (κ2) is 8.00. The van der Waals surface area contributed by atoms with Crippen molar-refractivity contribution in [3.8, 4) is 11.1 Å². The lowest BCUT2D eigenvalue weighted by Crippen LogP contribution is -2.28. The normalized spacial score (nSPS) is 16.2. The number of carbonyl (C=O) groups excluding carboxylic acids is 1. The Balaban J connectivity index is 1.46. The lowest BCUT2D eigenvalue weighted by atomic mass is 9.94. The van der Waals surface area contributed by atoms with Gasteiger partial charge in [0, 0.05) is 19.2 Å². The van der Waals surface area contributed by atoms with Crippen molar-refractivity contribution in [2.75, 3.05) is 0 Å². The lowest BCUT2D eigenvalue weighted by molar-refractivity contribution is -0.116. The predicted octanol–water partition coefficient (Wildman–Crippen LogP) is 6.54. The molecule has 2 nitrogen and oxygen atoms in total. The second-order valence-electron chi connectivity index (χ2n) is 7.80. The van der Waals surface area contributed by atoms with Crippen molar-refractivity contribution in [1.82, 2.24) is 4.90 Å². The molecule has 0 N–H and O–H groups in total. The van der Waals surface area contributed by atoms with Gasteiger partial charge in [0.05, 0.1) is 6.04 Å². The molecule has 0 saturated carbocycles. The molecular formula is C28H23NO. The van der Waals surface area contributed by atoms with Crippen molar-refractivity contribution in [2.45, 2.75) is 19.0 Å². The minimum Gasteiger partial charge on any atom is -0.366 e. The van der Waals surface area contributed by atoms with Crippen LogP contribution in [0.25, 0.3) is 21.9 Å². The van der Waals surface area contributed by atoms with Crippen LogP contribution in [0.1, 0.15) is 23.6 Å². The second-order valence-corrected chi connectivity index (χ2v) is 7.80. The van der Waals surface area contributed by atoms with Crippen molar-refractivity contribution in [2.24, 2.45) is 0 Å². The lowest BCUT2D eigenvalue weighted by Gasteiger charge is -2.33. The Hall–Kier alpha value is -3.65. The molecular weight excluding hydrogens is 366 g/mol. The van der Waals surface area contributed by atoms with Gasteiger partial charge in [-0.25, -0.2) is 0 Å². The molecule has 1 unspecified atom stereocenters. The molecule has 2 heteroatoms. The topological polar surface area (TPSA) is 20.3 Å². The molecule has 0 aromatic heterocycles. The summed E-state index contributed by atoms with van der Waals surface area (Å²) < 4.78 is 0. The molecule has 0 amide bonds. The number of allylic oxidation sites excluding steroid dienone is 1. The zero-order valence-electron chi connectivity index (χ0n) is 16.7. The van der Waals surface area contributed by atoms with E-state index in [2.05, 4.69) is 95.9 Å². The highest BCUT2D eigenvalue weighted by Gasteiger charge is 2.24. The van der Waals surface area contributed by atoms with E-state index in [1.165, 1.54) is 33.0 Å². The van der Waals surface area contributed by atoms with Crippen LogP contribution in [-0.4, -0.2) is 10.7 Å². The molecule has 1 heterocycles. The number of nitrogens with zero attached hydrogens (tertiary/aromatic N) is 1. The quantitative estimate of drug-likeness (QED) is 0.395. The van der Waals surface area contributed by atoms with Gasteiger partial charge in [0.15, 0.2) is 5.78 Å². The number of benzene rings is 4. The number of ketones is 1. The molecule has 1 aliphatic heterocycles. The predicted molar refractivity (Wildman–Crippen MR) is 123 cm³/mol.